The Morgan fingerprint density at radius 1 is 1.14 bits per heavy atom. The monoisotopic (exact) mass is 583 g/mol. The Labute approximate surface area is 223 Å². The van der Waals surface area contributed by atoms with E-state index >= 15 is 0 Å². The molecule has 6 nitrogen and oxygen atoms in total. The Bertz CT molecular complexity index is 1160. The van der Waals surface area contributed by atoms with E-state index in [-0.39, 0.29) is 22.2 Å². The van der Waals surface area contributed by atoms with Gasteiger partial charge in [-0.15, -0.1) is 0 Å². The van der Waals surface area contributed by atoms with Gasteiger partial charge in [-0.1, -0.05) is 47.9 Å². The van der Waals surface area contributed by atoms with Crippen molar-refractivity contribution in [1.29, 1.82) is 0 Å². The molecule has 1 aromatic heterocycles. The van der Waals surface area contributed by atoms with E-state index in [2.05, 4.69) is 41.9 Å². The Kier molecular flexibility index (Phi) is 6.34. The molecule has 1 aromatic carbocycles. The van der Waals surface area contributed by atoms with Crippen LogP contribution in [-0.4, -0.2) is 39.5 Å². The molecule has 202 valence electrons. The van der Waals surface area contributed by atoms with Crippen molar-refractivity contribution in [1.82, 2.24) is 10.1 Å². The lowest BCUT2D eigenvalue weighted by atomic mass is 9.53. The lowest BCUT2D eigenvalue weighted by Crippen LogP contribution is -2.60. The summed E-state index contributed by atoms with van der Waals surface area (Å²) in [7, 11) is 0. The predicted octanol–water partition coefficient (Wildman–Crippen LogP) is 6.46. The highest BCUT2D eigenvalue weighted by molar-refractivity contribution is 9.10. The van der Waals surface area contributed by atoms with Gasteiger partial charge in [-0.05, 0) is 75.0 Å². The normalized spacial score (nSPS) is 31.7. The van der Waals surface area contributed by atoms with Crippen molar-refractivity contribution >= 4 is 27.5 Å². The Morgan fingerprint density at radius 3 is 2.27 bits per heavy atom. The van der Waals surface area contributed by atoms with E-state index in [0.29, 0.717) is 23.9 Å². The molecule has 4 aliphatic rings. The van der Waals surface area contributed by atoms with Crippen LogP contribution in [0.25, 0.3) is 0 Å². The van der Waals surface area contributed by atoms with Gasteiger partial charge in [0.05, 0.1) is 0 Å². The number of aliphatic hydroxyl groups is 1. The standard InChI is InChI=1S/C27H33BrF3N3O3/c1-23(2,3)21-32-22(37-33-21)25-10-7-24(8-11-25,9-12-25)16-34(19-6-4-5-18(28)13-19)20(35)17-14-26(36,15-17)27(29,30)31/h4-6,13,17,36H,7-12,14-16H2,1-3H3. The number of rotatable bonds is 5. The van der Waals surface area contributed by atoms with Gasteiger partial charge < -0.3 is 14.5 Å². The summed E-state index contributed by atoms with van der Waals surface area (Å²) in [6, 6.07) is 7.31. The van der Waals surface area contributed by atoms with Crippen LogP contribution in [0.15, 0.2) is 33.3 Å². The SMILES string of the molecule is CC(C)(C)c1noc(C23CCC(CN(C(=O)C4CC(O)(C(F)(F)F)C4)c4cccc(Br)c4)(CC2)CC3)n1. The molecule has 0 radical (unpaired) electrons. The molecule has 0 spiro atoms. The van der Waals surface area contributed by atoms with Gasteiger partial charge in [-0.25, -0.2) is 0 Å². The molecule has 0 aliphatic heterocycles. The van der Waals surface area contributed by atoms with Crippen LogP contribution in [0.2, 0.25) is 0 Å². The summed E-state index contributed by atoms with van der Waals surface area (Å²) in [6.07, 6.45) is -0.698. The molecule has 0 unspecified atom stereocenters. The number of fused-ring (bicyclic) bond motifs is 3. The van der Waals surface area contributed by atoms with Crippen molar-refractivity contribution < 1.29 is 27.6 Å². The summed E-state index contributed by atoms with van der Waals surface area (Å²) in [5.41, 5.74) is -2.60. The zero-order valence-corrected chi connectivity index (χ0v) is 23.0. The average molecular weight is 584 g/mol. The number of anilines is 1. The van der Waals surface area contributed by atoms with Crippen molar-refractivity contribution in [3.63, 3.8) is 0 Å². The highest BCUT2D eigenvalue weighted by Crippen LogP contribution is 2.58. The zero-order chi connectivity index (χ0) is 26.9. The molecule has 1 N–H and O–H groups in total. The number of hydrogen-bond acceptors (Lipinski definition) is 5. The van der Waals surface area contributed by atoms with E-state index in [1.54, 1.807) is 4.90 Å². The van der Waals surface area contributed by atoms with Crippen molar-refractivity contribution in [2.45, 2.75) is 94.7 Å². The molecule has 10 heteroatoms. The first-order valence-electron chi connectivity index (χ1n) is 12.9. The van der Waals surface area contributed by atoms with Crippen LogP contribution in [0.5, 0.6) is 0 Å². The van der Waals surface area contributed by atoms with Crippen LogP contribution in [0.4, 0.5) is 18.9 Å². The molecule has 4 aliphatic carbocycles. The summed E-state index contributed by atoms with van der Waals surface area (Å²) in [6.45, 7) is 6.60. The second-order valence-electron chi connectivity index (χ2n) is 12.5. The van der Waals surface area contributed by atoms with Crippen LogP contribution in [0.1, 0.15) is 83.9 Å². The lowest BCUT2D eigenvalue weighted by molar-refractivity contribution is -0.295. The van der Waals surface area contributed by atoms with Gasteiger partial charge >= 0.3 is 6.18 Å². The number of carbonyl (C=O) groups excluding carboxylic acids is 1. The van der Waals surface area contributed by atoms with Crippen molar-refractivity contribution in [3.8, 4) is 0 Å². The zero-order valence-electron chi connectivity index (χ0n) is 21.4. The van der Waals surface area contributed by atoms with E-state index in [0.717, 1.165) is 43.0 Å². The summed E-state index contributed by atoms with van der Waals surface area (Å²) in [5, 5.41) is 14.2. The molecule has 37 heavy (non-hydrogen) atoms. The van der Waals surface area contributed by atoms with Gasteiger partial charge in [0, 0.05) is 33.5 Å². The molecular formula is C27H33BrF3N3O3. The van der Waals surface area contributed by atoms with E-state index in [1.165, 1.54) is 0 Å². The fourth-order valence-electron chi connectivity index (χ4n) is 6.22. The smallest absolute Gasteiger partial charge is 0.380 e. The topological polar surface area (TPSA) is 79.5 Å². The number of carbonyl (C=O) groups is 1. The molecule has 0 saturated heterocycles. The molecule has 1 heterocycles. The summed E-state index contributed by atoms with van der Waals surface area (Å²) in [5.74, 6) is 0.189. The first kappa shape index (κ1) is 26.7. The predicted molar refractivity (Wildman–Crippen MR) is 135 cm³/mol. The van der Waals surface area contributed by atoms with Crippen LogP contribution in [-0.2, 0) is 15.6 Å². The minimum atomic E-state index is -4.74. The molecule has 1 amide bonds. The van der Waals surface area contributed by atoms with Crippen LogP contribution in [0, 0.1) is 11.3 Å². The summed E-state index contributed by atoms with van der Waals surface area (Å²) < 4.78 is 46.2. The molecule has 0 atom stereocenters. The minimum Gasteiger partial charge on any atom is -0.380 e. The number of alkyl halides is 3. The Morgan fingerprint density at radius 2 is 1.76 bits per heavy atom. The van der Waals surface area contributed by atoms with Crippen LogP contribution in [0.3, 0.4) is 0 Å². The number of benzene rings is 1. The molecule has 4 saturated carbocycles. The third kappa shape index (κ3) is 4.73. The fraction of sp³-hybridized carbons (Fsp3) is 0.667. The number of aromatic nitrogens is 2. The number of nitrogens with zero attached hydrogens (tertiary/aromatic N) is 3. The number of halogens is 4. The summed E-state index contributed by atoms with van der Waals surface area (Å²) in [4.78, 5) is 20.0. The van der Waals surface area contributed by atoms with E-state index < -0.39 is 30.5 Å². The lowest BCUT2D eigenvalue weighted by Gasteiger charge is -2.53. The van der Waals surface area contributed by atoms with Gasteiger partial charge in [0.2, 0.25) is 11.8 Å². The maximum atomic E-state index is 13.6. The largest absolute Gasteiger partial charge is 0.417 e. The first-order chi connectivity index (χ1) is 17.2. The molecular weight excluding hydrogens is 551 g/mol. The maximum absolute atomic E-state index is 13.6. The van der Waals surface area contributed by atoms with Crippen molar-refractivity contribution in [3.05, 3.63) is 40.5 Å². The second-order valence-corrected chi connectivity index (χ2v) is 13.4. The molecule has 2 bridgehead atoms. The number of amides is 1. The van der Waals surface area contributed by atoms with E-state index in [1.807, 2.05) is 24.3 Å². The van der Waals surface area contributed by atoms with Crippen LogP contribution < -0.4 is 4.90 Å². The van der Waals surface area contributed by atoms with Gasteiger partial charge in [-0.2, -0.15) is 18.2 Å². The third-order valence-corrected chi connectivity index (χ3v) is 9.37. The number of hydrogen-bond donors (Lipinski definition) is 1. The maximum Gasteiger partial charge on any atom is 0.417 e. The van der Waals surface area contributed by atoms with E-state index in [9.17, 15) is 23.1 Å². The van der Waals surface area contributed by atoms with Gasteiger partial charge in [0.1, 0.15) is 0 Å². The first-order valence-corrected chi connectivity index (χ1v) is 13.7. The van der Waals surface area contributed by atoms with Crippen molar-refractivity contribution in [2.75, 3.05) is 11.4 Å². The summed E-state index contributed by atoms with van der Waals surface area (Å²) >= 11 is 3.45. The van der Waals surface area contributed by atoms with Crippen molar-refractivity contribution in [2.24, 2.45) is 11.3 Å². The Hall–Kier alpha value is -1.94. The van der Waals surface area contributed by atoms with Gasteiger partial charge in [0.25, 0.3) is 0 Å². The third-order valence-electron chi connectivity index (χ3n) is 8.88. The molecule has 6 rings (SSSR count). The highest BCUT2D eigenvalue weighted by atomic mass is 79.9. The average Bonchev–Trinajstić information content (AvgIpc) is 3.33. The quantitative estimate of drug-likeness (QED) is 0.437. The molecule has 4 fully saturated rings. The minimum absolute atomic E-state index is 0.128. The van der Waals surface area contributed by atoms with Gasteiger partial charge in [-0.3, -0.25) is 4.79 Å². The fourth-order valence-corrected chi connectivity index (χ4v) is 6.61. The second kappa shape index (κ2) is 8.79. The highest BCUT2D eigenvalue weighted by Gasteiger charge is 2.63. The Balaban J connectivity index is 1.35. The van der Waals surface area contributed by atoms with Crippen LogP contribution >= 0.6 is 15.9 Å². The molecule has 2 aromatic rings. The van der Waals surface area contributed by atoms with Gasteiger partial charge in [0.15, 0.2) is 11.4 Å². The van der Waals surface area contributed by atoms with E-state index in [4.69, 9.17) is 9.51 Å².